The number of aliphatic hydroxyl groups is 1. The summed E-state index contributed by atoms with van der Waals surface area (Å²) in [6.45, 7) is -0.0452. The second-order valence-electron chi connectivity index (χ2n) is 4.53. The number of hydrogen-bond donors (Lipinski definition) is 1. The molecule has 6 nitrogen and oxygen atoms in total. The average Bonchev–Trinajstić information content (AvgIpc) is 3.16. The molecule has 0 spiro atoms. The lowest BCUT2D eigenvalue weighted by atomic mass is 10.1. The van der Waals surface area contributed by atoms with Crippen molar-refractivity contribution in [2.24, 2.45) is 0 Å². The third kappa shape index (κ3) is 3.22. The molecule has 0 unspecified atom stereocenters. The molecule has 0 saturated carbocycles. The Hall–Kier alpha value is -2.09. The summed E-state index contributed by atoms with van der Waals surface area (Å²) in [6, 6.07) is 10.6. The molecular weight excluding hydrogens is 324 g/mol. The first kappa shape index (κ1) is 14.8. The van der Waals surface area contributed by atoms with Crippen molar-refractivity contribution in [2.75, 3.05) is 6.61 Å². The van der Waals surface area contributed by atoms with E-state index in [1.54, 1.807) is 30.3 Å². The number of carbonyl (C=O) groups is 1. The number of halogens is 1. The van der Waals surface area contributed by atoms with Gasteiger partial charge in [-0.2, -0.15) is 4.80 Å². The molecular formula is C14H11ClN4O2S. The third-order valence-corrected chi connectivity index (χ3v) is 4.22. The second-order valence-corrected chi connectivity index (χ2v) is 6.24. The van der Waals surface area contributed by atoms with E-state index in [2.05, 4.69) is 15.4 Å². The Morgan fingerprint density at radius 2 is 2.00 bits per heavy atom. The Kier molecular flexibility index (Phi) is 4.28. The van der Waals surface area contributed by atoms with Gasteiger partial charge in [-0.3, -0.25) is 4.79 Å². The lowest BCUT2D eigenvalue weighted by Gasteiger charge is -2.01. The highest BCUT2D eigenvalue weighted by atomic mass is 35.5. The molecule has 0 bridgehead atoms. The van der Waals surface area contributed by atoms with Gasteiger partial charge in [0.2, 0.25) is 5.82 Å². The van der Waals surface area contributed by atoms with Gasteiger partial charge in [0.25, 0.3) is 0 Å². The highest BCUT2D eigenvalue weighted by Crippen LogP contribution is 2.28. The Bertz CT molecular complexity index is 797. The van der Waals surface area contributed by atoms with E-state index in [0.717, 1.165) is 10.4 Å². The molecule has 112 valence electrons. The molecule has 3 rings (SSSR count). The van der Waals surface area contributed by atoms with Crippen molar-refractivity contribution >= 4 is 28.7 Å². The summed E-state index contributed by atoms with van der Waals surface area (Å²) >= 11 is 7.28. The van der Waals surface area contributed by atoms with Crippen LogP contribution in [0.2, 0.25) is 4.34 Å². The summed E-state index contributed by atoms with van der Waals surface area (Å²) in [7, 11) is 0. The minimum absolute atomic E-state index is 0.303. The van der Waals surface area contributed by atoms with Gasteiger partial charge in [0, 0.05) is 5.56 Å². The van der Waals surface area contributed by atoms with Gasteiger partial charge >= 0.3 is 0 Å². The Balaban J connectivity index is 1.73. The molecule has 1 aromatic carbocycles. The van der Waals surface area contributed by atoms with Crippen molar-refractivity contribution in [3.05, 3.63) is 51.9 Å². The van der Waals surface area contributed by atoms with Gasteiger partial charge in [-0.25, -0.2) is 0 Å². The van der Waals surface area contributed by atoms with Gasteiger partial charge in [0.05, 0.1) is 15.8 Å². The molecule has 2 heterocycles. The van der Waals surface area contributed by atoms with E-state index in [1.165, 1.54) is 16.1 Å². The first-order chi connectivity index (χ1) is 10.7. The fourth-order valence-corrected chi connectivity index (χ4v) is 2.86. The molecule has 8 heteroatoms. The fraction of sp³-hybridized carbons (Fsp3) is 0.143. The minimum atomic E-state index is -0.489. The largest absolute Gasteiger partial charge is 0.388 e. The molecule has 0 fully saturated rings. The van der Waals surface area contributed by atoms with Crippen LogP contribution in [0.4, 0.5) is 0 Å². The van der Waals surface area contributed by atoms with Crippen LogP contribution in [-0.2, 0) is 6.54 Å². The zero-order chi connectivity index (χ0) is 15.5. The van der Waals surface area contributed by atoms with Gasteiger partial charge in [-0.05, 0) is 22.9 Å². The molecule has 2 aromatic heterocycles. The van der Waals surface area contributed by atoms with Crippen LogP contribution in [0.15, 0.2) is 36.4 Å². The van der Waals surface area contributed by atoms with E-state index in [4.69, 9.17) is 16.7 Å². The normalized spacial score (nSPS) is 10.8. The van der Waals surface area contributed by atoms with Crippen LogP contribution in [0.25, 0.3) is 10.7 Å². The van der Waals surface area contributed by atoms with Crippen LogP contribution in [-0.4, -0.2) is 37.7 Å². The van der Waals surface area contributed by atoms with Gasteiger partial charge < -0.3 is 5.11 Å². The molecule has 0 saturated heterocycles. The number of aromatic nitrogens is 4. The summed E-state index contributed by atoms with van der Waals surface area (Å²) in [5.74, 6) is 0.228. The fourth-order valence-electron chi connectivity index (χ4n) is 1.89. The van der Waals surface area contributed by atoms with Crippen molar-refractivity contribution < 1.29 is 9.90 Å². The number of hydrogen-bond acceptors (Lipinski definition) is 6. The number of ketones is 1. The van der Waals surface area contributed by atoms with E-state index in [1.807, 2.05) is 6.07 Å². The standard InChI is InChI=1S/C14H11ClN4O2S/c15-13-6-5-12(22-13)14-16-18-19(17-14)7-9-1-3-10(4-2-9)11(21)8-20/h1-6,20H,7-8H2. The average molecular weight is 335 g/mol. The number of Topliss-reactive ketones (excluding diaryl/α,β-unsaturated/α-hetero) is 1. The molecule has 0 aliphatic rings. The van der Waals surface area contributed by atoms with Crippen LogP contribution in [0.3, 0.4) is 0 Å². The van der Waals surface area contributed by atoms with E-state index in [-0.39, 0.29) is 5.78 Å². The van der Waals surface area contributed by atoms with Crippen molar-refractivity contribution in [1.29, 1.82) is 0 Å². The number of thiophene rings is 1. The second kappa shape index (κ2) is 6.35. The van der Waals surface area contributed by atoms with Crippen LogP contribution in [0.1, 0.15) is 15.9 Å². The highest BCUT2D eigenvalue weighted by molar-refractivity contribution is 7.19. The van der Waals surface area contributed by atoms with E-state index in [9.17, 15) is 4.79 Å². The van der Waals surface area contributed by atoms with E-state index >= 15 is 0 Å². The lowest BCUT2D eigenvalue weighted by Crippen LogP contribution is -2.06. The summed E-state index contributed by atoms with van der Waals surface area (Å²) in [5.41, 5.74) is 1.41. The van der Waals surface area contributed by atoms with E-state index in [0.29, 0.717) is 22.3 Å². The summed E-state index contributed by atoms with van der Waals surface area (Å²) < 4.78 is 0.676. The number of carbonyl (C=O) groups excluding carboxylic acids is 1. The molecule has 0 amide bonds. The van der Waals surface area contributed by atoms with Crippen LogP contribution < -0.4 is 0 Å². The van der Waals surface area contributed by atoms with Gasteiger partial charge in [-0.15, -0.1) is 21.5 Å². The highest BCUT2D eigenvalue weighted by Gasteiger charge is 2.09. The van der Waals surface area contributed by atoms with Crippen molar-refractivity contribution in [1.82, 2.24) is 20.2 Å². The Morgan fingerprint density at radius 3 is 2.64 bits per heavy atom. The van der Waals surface area contributed by atoms with Crippen molar-refractivity contribution in [3.63, 3.8) is 0 Å². The predicted molar refractivity (Wildman–Crippen MR) is 83.1 cm³/mol. The van der Waals surface area contributed by atoms with Crippen LogP contribution >= 0.6 is 22.9 Å². The smallest absolute Gasteiger partial charge is 0.214 e. The molecule has 1 N–H and O–H groups in total. The summed E-state index contributed by atoms with van der Waals surface area (Å²) in [6.07, 6.45) is 0. The van der Waals surface area contributed by atoms with Crippen LogP contribution in [0.5, 0.6) is 0 Å². The predicted octanol–water partition coefficient (Wildman–Crippen LogP) is 2.28. The maximum absolute atomic E-state index is 11.3. The molecule has 22 heavy (non-hydrogen) atoms. The number of nitrogens with zero attached hydrogens (tertiary/aromatic N) is 4. The Labute approximate surface area is 135 Å². The number of benzene rings is 1. The number of aliphatic hydroxyl groups excluding tert-OH is 1. The maximum atomic E-state index is 11.3. The third-order valence-electron chi connectivity index (χ3n) is 2.99. The first-order valence-corrected chi connectivity index (χ1v) is 7.61. The topological polar surface area (TPSA) is 80.9 Å². The van der Waals surface area contributed by atoms with Crippen molar-refractivity contribution in [2.45, 2.75) is 6.54 Å². The zero-order valence-corrected chi connectivity index (χ0v) is 12.9. The van der Waals surface area contributed by atoms with Gasteiger partial charge in [0.1, 0.15) is 6.61 Å². The molecule has 3 aromatic rings. The molecule has 0 radical (unpaired) electrons. The van der Waals surface area contributed by atoms with E-state index < -0.39 is 6.61 Å². The molecule has 0 atom stereocenters. The lowest BCUT2D eigenvalue weighted by molar-refractivity contribution is 0.0903. The minimum Gasteiger partial charge on any atom is -0.388 e. The first-order valence-electron chi connectivity index (χ1n) is 6.42. The summed E-state index contributed by atoms with van der Waals surface area (Å²) in [5, 5.41) is 21.1. The van der Waals surface area contributed by atoms with Gasteiger partial charge in [-0.1, -0.05) is 35.9 Å². The van der Waals surface area contributed by atoms with Crippen molar-refractivity contribution in [3.8, 4) is 10.7 Å². The van der Waals surface area contributed by atoms with Crippen LogP contribution in [0, 0.1) is 0 Å². The SMILES string of the molecule is O=C(CO)c1ccc(Cn2nnc(-c3ccc(Cl)s3)n2)cc1. The molecule has 0 aliphatic carbocycles. The monoisotopic (exact) mass is 334 g/mol. The maximum Gasteiger partial charge on any atom is 0.214 e. The van der Waals surface area contributed by atoms with Gasteiger partial charge in [0.15, 0.2) is 5.78 Å². The zero-order valence-electron chi connectivity index (χ0n) is 11.3. The number of tetrazole rings is 1. The quantitative estimate of drug-likeness (QED) is 0.724. The Morgan fingerprint density at radius 1 is 1.23 bits per heavy atom. The molecule has 0 aliphatic heterocycles. The summed E-state index contributed by atoms with van der Waals surface area (Å²) in [4.78, 5) is 13.7. The number of rotatable bonds is 5.